The molecule has 92 valence electrons. The number of amides is 1. The van der Waals surface area contributed by atoms with Crippen LogP contribution in [0.25, 0.3) is 0 Å². The summed E-state index contributed by atoms with van der Waals surface area (Å²) in [5.41, 5.74) is -0.235. The van der Waals surface area contributed by atoms with Crippen molar-refractivity contribution in [2.24, 2.45) is 5.92 Å². The fraction of sp³-hybridized carbons (Fsp3) is 0.500. The summed E-state index contributed by atoms with van der Waals surface area (Å²) < 4.78 is 24.9. The first-order valence-corrected chi connectivity index (χ1v) is 5.66. The highest BCUT2D eigenvalue weighted by Crippen LogP contribution is 2.22. The zero-order valence-corrected chi connectivity index (χ0v) is 9.57. The Kier molecular flexibility index (Phi) is 3.36. The van der Waals surface area contributed by atoms with Crippen LogP contribution in [0.3, 0.4) is 0 Å². The van der Waals surface area contributed by atoms with E-state index in [1.54, 1.807) is 4.90 Å². The van der Waals surface area contributed by atoms with Gasteiger partial charge < -0.3 is 4.90 Å². The number of carbonyl (C=O) groups is 1. The maximum atomic E-state index is 12.4. The smallest absolute Gasteiger partial charge is 0.280 e. The number of rotatable bonds is 3. The zero-order valence-electron chi connectivity index (χ0n) is 9.57. The number of aromatic nitrogens is 1. The van der Waals surface area contributed by atoms with Gasteiger partial charge in [0.25, 0.3) is 12.3 Å². The number of nitrogens with zero attached hydrogens (tertiary/aromatic N) is 2. The summed E-state index contributed by atoms with van der Waals surface area (Å²) in [7, 11) is 0. The summed E-state index contributed by atoms with van der Waals surface area (Å²) in [5.74, 6) is 0.287. The van der Waals surface area contributed by atoms with Crippen LogP contribution in [0.4, 0.5) is 8.78 Å². The van der Waals surface area contributed by atoms with Crippen LogP contribution in [0.2, 0.25) is 0 Å². The summed E-state index contributed by atoms with van der Waals surface area (Å²) in [6.45, 7) is 3.48. The molecule has 0 atom stereocenters. The minimum absolute atomic E-state index is 0.109. The second kappa shape index (κ2) is 4.77. The number of likely N-dealkylation sites (tertiary alicyclic amines) is 1. The molecule has 2 heterocycles. The second-order valence-electron chi connectivity index (χ2n) is 4.23. The Bertz CT molecular complexity index is 417. The van der Waals surface area contributed by atoms with Crippen molar-refractivity contribution in [1.82, 2.24) is 9.88 Å². The molecule has 0 saturated carbocycles. The van der Waals surface area contributed by atoms with Crippen LogP contribution in [-0.2, 0) is 0 Å². The van der Waals surface area contributed by atoms with Gasteiger partial charge in [-0.3, -0.25) is 4.79 Å². The van der Waals surface area contributed by atoms with Gasteiger partial charge in [-0.25, -0.2) is 13.8 Å². The molecule has 1 saturated heterocycles. The molecule has 0 aliphatic carbocycles. The van der Waals surface area contributed by atoms with Crippen LogP contribution in [0.15, 0.2) is 18.2 Å². The van der Waals surface area contributed by atoms with Crippen molar-refractivity contribution < 1.29 is 13.6 Å². The molecule has 2 rings (SSSR count). The normalized spacial score (nSPS) is 16.1. The van der Waals surface area contributed by atoms with Crippen molar-refractivity contribution in [1.29, 1.82) is 0 Å². The Morgan fingerprint density at radius 1 is 1.53 bits per heavy atom. The van der Waals surface area contributed by atoms with Gasteiger partial charge in [0, 0.05) is 13.1 Å². The van der Waals surface area contributed by atoms with Gasteiger partial charge in [-0.1, -0.05) is 13.0 Å². The monoisotopic (exact) mass is 240 g/mol. The molecular weight excluding hydrogens is 226 g/mol. The van der Waals surface area contributed by atoms with Crippen LogP contribution < -0.4 is 0 Å². The fourth-order valence-corrected chi connectivity index (χ4v) is 1.85. The molecule has 0 unspecified atom stereocenters. The van der Waals surface area contributed by atoms with Crippen molar-refractivity contribution in [3.63, 3.8) is 0 Å². The first-order chi connectivity index (χ1) is 8.11. The molecule has 5 heteroatoms. The van der Waals surface area contributed by atoms with Crippen LogP contribution in [0, 0.1) is 5.92 Å². The van der Waals surface area contributed by atoms with Crippen molar-refractivity contribution in [2.45, 2.75) is 19.8 Å². The standard InChI is InChI=1S/C12H14F2N2O/c1-2-8-6-16(7-8)12(17)10-5-3-4-9(15-10)11(13)14/h3-5,8,11H,2,6-7H2,1H3. The van der Waals surface area contributed by atoms with E-state index in [4.69, 9.17) is 0 Å². The Morgan fingerprint density at radius 3 is 2.82 bits per heavy atom. The van der Waals surface area contributed by atoms with Gasteiger partial charge in [-0.15, -0.1) is 0 Å². The number of halogens is 2. The second-order valence-corrected chi connectivity index (χ2v) is 4.23. The van der Waals surface area contributed by atoms with Crippen LogP contribution in [0.1, 0.15) is 36.0 Å². The Morgan fingerprint density at radius 2 is 2.24 bits per heavy atom. The summed E-state index contributed by atoms with van der Waals surface area (Å²) in [5, 5.41) is 0. The molecule has 0 bridgehead atoms. The van der Waals surface area contributed by atoms with Crippen molar-refractivity contribution in [2.75, 3.05) is 13.1 Å². The van der Waals surface area contributed by atoms with Crippen molar-refractivity contribution in [3.05, 3.63) is 29.6 Å². The number of hydrogen-bond donors (Lipinski definition) is 0. The Balaban J connectivity index is 2.07. The van der Waals surface area contributed by atoms with E-state index in [1.165, 1.54) is 18.2 Å². The van der Waals surface area contributed by atoms with E-state index in [0.29, 0.717) is 19.0 Å². The van der Waals surface area contributed by atoms with E-state index >= 15 is 0 Å². The van der Waals surface area contributed by atoms with Crippen LogP contribution in [0.5, 0.6) is 0 Å². The molecule has 1 fully saturated rings. The molecule has 0 aromatic carbocycles. The SMILES string of the molecule is CCC1CN(C(=O)c2cccc(C(F)F)n2)C1. The lowest BCUT2D eigenvalue weighted by atomic mass is 9.97. The first-order valence-electron chi connectivity index (χ1n) is 5.66. The van der Waals surface area contributed by atoms with Gasteiger partial charge in [-0.05, 0) is 24.5 Å². The molecule has 0 N–H and O–H groups in total. The predicted molar refractivity (Wildman–Crippen MR) is 58.9 cm³/mol. The Hall–Kier alpha value is -1.52. The minimum atomic E-state index is -2.64. The van der Waals surface area contributed by atoms with Gasteiger partial charge in [0.2, 0.25) is 0 Å². The van der Waals surface area contributed by atoms with E-state index in [0.717, 1.165) is 6.42 Å². The summed E-state index contributed by atoms with van der Waals surface area (Å²) in [4.78, 5) is 17.2. The topological polar surface area (TPSA) is 33.2 Å². The fourth-order valence-electron chi connectivity index (χ4n) is 1.85. The number of hydrogen-bond acceptors (Lipinski definition) is 2. The molecule has 17 heavy (non-hydrogen) atoms. The lowest BCUT2D eigenvalue weighted by Crippen LogP contribution is -2.49. The van der Waals surface area contributed by atoms with Gasteiger partial charge in [0.15, 0.2) is 0 Å². The zero-order chi connectivity index (χ0) is 12.4. The highest BCUT2D eigenvalue weighted by molar-refractivity contribution is 5.92. The third-order valence-corrected chi connectivity index (χ3v) is 3.04. The van der Waals surface area contributed by atoms with Gasteiger partial charge in [-0.2, -0.15) is 0 Å². The van der Waals surface area contributed by atoms with E-state index < -0.39 is 6.43 Å². The maximum absolute atomic E-state index is 12.4. The molecule has 1 aliphatic rings. The van der Waals surface area contributed by atoms with Crippen molar-refractivity contribution >= 4 is 5.91 Å². The molecule has 1 aromatic heterocycles. The molecular formula is C12H14F2N2O. The van der Waals surface area contributed by atoms with Gasteiger partial charge in [0.1, 0.15) is 11.4 Å². The summed E-state index contributed by atoms with van der Waals surface area (Å²) >= 11 is 0. The molecule has 1 aromatic rings. The third kappa shape index (κ3) is 2.43. The number of carbonyl (C=O) groups excluding carboxylic acids is 1. The van der Waals surface area contributed by atoms with E-state index in [9.17, 15) is 13.6 Å². The van der Waals surface area contributed by atoms with E-state index in [-0.39, 0.29) is 17.3 Å². The van der Waals surface area contributed by atoms with E-state index in [2.05, 4.69) is 11.9 Å². The quantitative estimate of drug-likeness (QED) is 0.813. The summed E-state index contributed by atoms with van der Waals surface area (Å²) in [6, 6.07) is 4.15. The van der Waals surface area contributed by atoms with Gasteiger partial charge in [0.05, 0.1) is 0 Å². The average molecular weight is 240 g/mol. The highest BCUT2D eigenvalue weighted by atomic mass is 19.3. The van der Waals surface area contributed by atoms with E-state index in [1.807, 2.05) is 0 Å². The maximum Gasteiger partial charge on any atom is 0.280 e. The number of pyridine rings is 1. The van der Waals surface area contributed by atoms with Crippen LogP contribution in [-0.4, -0.2) is 28.9 Å². The molecule has 3 nitrogen and oxygen atoms in total. The largest absolute Gasteiger partial charge is 0.337 e. The molecule has 0 radical (unpaired) electrons. The third-order valence-electron chi connectivity index (χ3n) is 3.04. The summed E-state index contributed by atoms with van der Waals surface area (Å²) in [6.07, 6.45) is -1.60. The number of alkyl halides is 2. The van der Waals surface area contributed by atoms with Gasteiger partial charge >= 0.3 is 0 Å². The van der Waals surface area contributed by atoms with Crippen LogP contribution >= 0.6 is 0 Å². The average Bonchev–Trinajstić information content (AvgIpc) is 2.27. The predicted octanol–water partition coefficient (Wildman–Crippen LogP) is 2.50. The molecule has 1 aliphatic heterocycles. The lowest BCUT2D eigenvalue weighted by molar-refractivity contribution is 0.0487. The lowest BCUT2D eigenvalue weighted by Gasteiger charge is -2.38. The first kappa shape index (κ1) is 12.0. The molecule has 0 spiro atoms. The van der Waals surface area contributed by atoms with Crippen molar-refractivity contribution in [3.8, 4) is 0 Å². The molecule has 1 amide bonds. The highest BCUT2D eigenvalue weighted by Gasteiger charge is 2.30. The Labute approximate surface area is 98.5 Å². The minimum Gasteiger partial charge on any atom is -0.337 e.